The van der Waals surface area contributed by atoms with Crippen LogP contribution in [-0.4, -0.2) is 19.1 Å². The van der Waals surface area contributed by atoms with Crippen LogP contribution >= 0.6 is 0 Å². The van der Waals surface area contributed by atoms with E-state index in [4.69, 9.17) is 4.74 Å². The number of nitrogens with one attached hydrogen (secondary N) is 1. The van der Waals surface area contributed by atoms with Crippen molar-refractivity contribution in [2.24, 2.45) is 0 Å². The number of hydrogen-bond acceptors (Lipinski definition) is 2. The molecule has 3 nitrogen and oxygen atoms in total. The summed E-state index contributed by atoms with van der Waals surface area (Å²) in [7, 11) is 1.63. The molecule has 0 aliphatic heterocycles. The lowest BCUT2D eigenvalue weighted by Crippen LogP contribution is -2.31. The van der Waals surface area contributed by atoms with Gasteiger partial charge in [-0.1, -0.05) is 42.5 Å². The van der Waals surface area contributed by atoms with Gasteiger partial charge in [0.25, 0.3) is 0 Å². The minimum Gasteiger partial charge on any atom is -0.497 e. The Morgan fingerprint density at radius 1 is 1.13 bits per heavy atom. The molecule has 1 atom stereocenters. The number of amides is 1. The smallest absolute Gasteiger partial charge is 0.244 e. The normalized spacial score (nSPS) is 12.1. The molecule has 120 valence electrons. The van der Waals surface area contributed by atoms with Gasteiger partial charge in [0.1, 0.15) is 5.75 Å². The number of hydrogen-bond donors (Lipinski definition) is 1. The van der Waals surface area contributed by atoms with Crippen LogP contribution in [0.4, 0.5) is 0 Å². The fraction of sp³-hybridized carbons (Fsp3) is 0.250. The van der Waals surface area contributed by atoms with E-state index in [0.717, 1.165) is 24.2 Å². The first-order valence-corrected chi connectivity index (χ1v) is 7.84. The Morgan fingerprint density at radius 2 is 1.83 bits per heavy atom. The van der Waals surface area contributed by atoms with E-state index in [1.807, 2.05) is 49.4 Å². The molecule has 23 heavy (non-hydrogen) atoms. The molecule has 0 bridgehead atoms. The van der Waals surface area contributed by atoms with Crippen molar-refractivity contribution in [1.82, 2.24) is 5.32 Å². The van der Waals surface area contributed by atoms with E-state index >= 15 is 0 Å². The van der Waals surface area contributed by atoms with Crippen LogP contribution in [-0.2, 0) is 11.2 Å². The summed E-state index contributed by atoms with van der Waals surface area (Å²) in [5.74, 6) is 0.738. The van der Waals surface area contributed by atoms with Crippen LogP contribution in [0.2, 0.25) is 0 Å². The zero-order valence-corrected chi connectivity index (χ0v) is 13.7. The van der Waals surface area contributed by atoms with Crippen molar-refractivity contribution in [2.75, 3.05) is 7.11 Å². The minimum absolute atomic E-state index is 0.0682. The molecule has 2 aromatic carbocycles. The second-order valence-electron chi connectivity index (χ2n) is 5.54. The molecule has 0 saturated heterocycles. The highest BCUT2D eigenvalue weighted by molar-refractivity contribution is 5.91. The average molecular weight is 309 g/mol. The van der Waals surface area contributed by atoms with Crippen LogP contribution in [0.3, 0.4) is 0 Å². The zero-order valence-electron chi connectivity index (χ0n) is 13.7. The highest BCUT2D eigenvalue weighted by Crippen LogP contribution is 2.12. The van der Waals surface area contributed by atoms with Crippen molar-refractivity contribution in [3.8, 4) is 5.75 Å². The fourth-order valence-electron chi connectivity index (χ4n) is 2.28. The average Bonchev–Trinajstić information content (AvgIpc) is 2.59. The number of carbonyl (C=O) groups is 1. The Labute approximate surface area is 138 Å². The Kier molecular flexibility index (Phi) is 6.42. The highest BCUT2D eigenvalue weighted by atomic mass is 16.5. The van der Waals surface area contributed by atoms with Crippen LogP contribution < -0.4 is 10.1 Å². The molecule has 0 heterocycles. The van der Waals surface area contributed by atoms with Crippen molar-refractivity contribution in [2.45, 2.75) is 25.8 Å². The third-order valence-electron chi connectivity index (χ3n) is 3.64. The van der Waals surface area contributed by atoms with Gasteiger partial charge >= 0.3 is 0 Å². The molecule has 0 aliphatic carbocycles. The summed E-state index contributed by atoms with van der Waals surface area (Å²) in [6, 6.07) is 18.0. The lowest BCUT2D eigenvalue weighted by atomic mass is 10.1. The zero-order chi connectivity index (χ0) is 16.5. The molecule has 1 amide bonds. The Hall–Kier alpha value is -2.55. The van der Waals surface area contributed by atoms with Gasteiger partial charge in [-0.25, -0.2) is 0 Å². The van der Waals surface area contributed by atoms with Crippen molar-refractivity contribution in [3.63, 3.8) is 0 Å². The van der Waals surface area contributed by atoms with Gasteiger partial charge in [-0.3, -0.25) is 4.79 Å². The highest BCUT2D eigenvalue weighted by Gasteiger charge is 2.05. The van der Waals surface area contributed by atoms with Gasteiger partial charge < -0.3 is 10.1 Å². The molecule has 0 radical (unpaired) electrons. The van der Waals surface area contributed by atoms with Crippen LogP contribution in [0.25, 0.3) is 6.08 Å². The lowest BCUT2D eigenvalue weighted by molar-refractivity contribution is -0.117. The number of rotatable bonds is 7. The molecule has 0 unspecified atom stereocenters. The van der Waals surface area contributed by atoms with Gasteiger partial charge in [-0.2, -0.15) is 0 Å². The third kappa shape index (κ3) is 5.99. The van der Waals surface area contributed by atoms with E-state index < -0.39 is 0 Å². The first-order chi connectivity index (χ1) is 11.2. The van der Waals surface area contributed by atoms with Crippen molar-refractivity contribution >= 4 is 12.0 Å². The Balaban J connectivity index is 1.77. The molecule has 2 rings (SSSR count). The van der Waals surface area contributed by atoms with Gasteiger partial charge in [0.05, 0.1) is 7.11 Å². The van der Waals surface area contributed by atoms with Gasteiger partial charge in [0.15, 0.2) is 0 Å². The van der Waals surface area contributed by atoms with E-state index in [-0.39, 0.29) is 11.9 Å². The molecule has 0 aromatic heterocycles. The summed E-state index contributed by atoms with van der Waals surface area (Å²) >= 11 is 0. The van der Waals surface area contributed by atoms with Gasteiger partial charge in [0, 0.05) is 12.1 Å². The maximum Gasteiger partial charge on any atom is 0.244 e. The molecular formula is C20H23NO2. The second kappa shape index (κ2) is 8.79. The molecular weight excluding hydrogens is 286 g/mol. The predicted molar refractivity (Wildman–Crippen MR) is 94.4 cm³/mol. The minimum atomic E-state index is -0.0682. The van der Waals surface area contributed by atoms with Crippen LogP contribution in [0, 0.1) is 0 Å². The first-order valence-electron chi connectivity index (χ1n) is 7.84. The molecule has 0 fully saturated rings. The van der Waals surface area contributed by atoms with Crippen LogP contribution in [0.5, 0.6) is 5.75 Å². The number of aryl methyl sites for hydroxylation is 1. The quantitative estimate of drug-likeness (QED) is 0.789. The third-order valence-corrected chi connectivity index (χ3v) is 3.64. The van der Waals surface area contributed by atoms with Crippen LogP contribution in [0.15, 0.2) is 60.7 Å². The number of methoxy groups -OCH3 is 1. The molecule has 2 aromatic rings. The molecule has 0 saturated carbocycles. The van der Waals surface area contributed by atoms with Crippen molar-refractivity contribution in [1.29, 1.82) is 0 Å². The maximum atomic E-state index is 11.9. The number of carbonyl (C=O) groups excluding carboxylic acids is 1. The van der Waals surface area contributed by atoms with Gasteiger partial charge in [0.2, 0.25) is 5.91 Å². The molecule has 3 heteroatoms. The maximum absolute atomic E-state index is 11.9. The summed E-state index contributed by atoms with van der Waals surface area (Å²) in [5, 5.41) is 2.99. The monoisotopic (exact) mass is 309 g/mol. The molecule has 0 spiro atoms. The van der Waals surface area contributed by atoms with E-state index in [2.05, 4.69) is 17.4 Å². The SMILES string of the molecule is COc1ccc(/C=C/C(=O)N[C@@H](C)CCc2ccccc2)cc1. The largest absolute Gasteiger partial charge is 0.497 e. The summed E-state index contributed by atoms with van der Waals surface area (Å²) in [6.07, 6.45) is 5.26. The van der Waals surface area contributed by atoms with Gasteiger partial charge in [-0.15, -0.1) is 0 Å². The van der Waals surface area contributed by atoms with Gasteiger partial charge in [-0.05, 0) is 49.1 Å². The lowest BCUT2D eigenvalue weighted by Gasteiger charge is -2.12. The Bertz CT molecular complexity index is 632. The van der Waals surface area contributed by atoms with E-state index in [9.17, 15) is 4.79 Å². The molecule has 0 aliphatic rings. The summed E-state index contributed by atoms with van der Waals surface area (Å²) in [6.45, 7) is 2.03. The number of benzene rings is 2. The number of ether oxygens (including phenoxy) is 1. The van der Waals surface area contributed by atoms with E-state index in [1.54, 1.807) is 19.3 Å². The van der Waals surface area contributed by atoms with E-state index in [1.165, 1.54) is 5.56 Å². The second-order valence-corrected chi connectivity index (χ2v) is 5.54. The standard InChI is InChI=1S/C20H23NO2/c1-16(8-9-17-6-4-3-5-7-17)21-20(22)15-12-18-10-13-19(23-2)14-11-18/h3-7,10-16H,8-9H2,1-2H3,(H,21,22)/b15-12+/t16-/m0/s1. The van der Waals surface area contributed by atoms with Crippen molar-refractivity contribution in [3.05, 3.63) is 71.8 Å². The van der Waals surface area contributed by atoms with E-state index in [0.29, 0.717) is 0 Å². The Morgan fingerprint density at radius 3 is 2.48 bits per heavy atom. The van der Waals surface area contributed by atoms with Crippen LogP contribution in [0.1, 0.15) is 24.5 Å². The predicted octanol–water partition coefficient (Wildman–Crippen LogP) is 3.85. The first kappa shape index (κ1) is 16.8. The fourth-order valence-corrected chi connectivity index (χ4v) is 2.28. The molecule has 1 N–H and O–H groups in total. The topological polar surface area (TPSA) is 38.3 Å². The van der Waals surface area contributed by atoms with Crippen molar-refractivity contribution < 1.29 is 9.53 Å². The summed E-state index contributed by atoms with van der Waals surface area (Å²) in [4.78, 5) is 11.9. The summed E-state index contributed by atoms with van der Waals surface area (Å²) in [5.41, 5.74) is 2.26. The summed E-state index contributed by atoms with van der Waals surface area (Å²) < 4.78 is 5.11.